The predicted octanol–water partition coefficient (Wildman–Crippen LogP) is 3.07. The number of carbonyl (C=O) groups is 2. The molecule has 33 heavy (non-hydrogen) atoms. The van der Waals surface area contributed by atoms with Crippen LogP contribution >= 0.6 is 0 Å². The van der Waals surface area contributed by atoms with Gasteiger partial charge in [0, 0.05) is 56.9 Å². The Bertz CT molecular complexity index is 1090. The fourth-order valence-corrected chi connectivity index (χ4v) is 5.62. The highest BCUT2D eigenvalue weighted by molar-refractivity contribution is 5.95. The Balaban J connectivity index is 1.41. The van der Waals surface area contributed by atoms with Crippen LogP contribution in [0.15, 0.2) is 24.3 Å². The van der Waals surface area contributed by atoms with Crippen LogP contribution in [-0.2, 0) is 26.2 Å². The highest BCUT2D eigenvalue weighted by Gasteiger charge is 2.46. The van der Waals surface area contributed by atoms with E-state index in [0.717, 1.165) is 34.9 Å². The fourth-order valence-electron chi connectivity index (χ4n) is 5.62. The van der Waals surface area contributed by atoms with Crippen LogP contribution in [0, 0.1) is 13.8 Å². The zero-order valence-corrected chi connectivity index (χ0v) is 19.8. The fraction of sp³-hybridized carbons (Fsp3) is 0.538. The van der Waals surface area contributed by atoms with Gasteiger partial charge in [-0.3, -0.25) is 14.5 Å². The lowest BCUT2D eigenvalue weighted by atomic mass is 9.72. The molecule has 0 N–H and O–H groups in total. The molecular weight excluding hydrogens is 416 g/mol. The van der Waals surface area contributed by atoms with Gasteiger partial charge in [-0.25, -0.2) is 9.97 Å². The maximum Gasteiger partial charge on any atom is 0.233 e. The van der Waals surface area contributed by atoms with Crippen molar-refractivity contribution in [3.05, 3.63) is 52.5 Å². The van der Waals surface area contributed by atoms with Crippen molar-refractivity contribution >= 4 is 17.6 Å². The van der Waals surface area contributed by atoms with Gasteiger partial charge < -0.3 is 9.64 Å². The highest BCUT2D eigenvalue weighted by atomic mass is 16.5. The van der Waals surface area contributed by atoms with Crippen LogP contribution in [0.2, 0.25) is 0 Å². The zero-order valence-electron chi connectivity index (χ0n) is 19.8. The van der Waals surface area contributed by atoms with Crippen molar-refractivity contribution in [3.8, 4) is 0 Å². The Morgan fingerprint density at radius 1 is 1.15 bits per heavy atom. The largest absolute Gasteiger partial charge is 0.381 e. The van der Waals surface area contributed by atoms with E-state index in [4.69, 9.17) is 14.7 Å². The third-order valence-corrected chi connectivity index (χ3v) is 7.66. The van der Waals surface area contributed by atoms with E-state index in [1.165, 1.54) is 5.56 Å². The molecule has 1 aromatic carbocycles. The summed E-state index contributed by atoms with van der Waals surface area (Å²) in [6.45, 7) is 6.59. The molecule has 2 amide bonds. The van der Waals surface area contributed by atoms with Gasteiger partial charge >= 0.3 is 0 Å². The van der Waals surface area contributed by atoms with E-state index >= 15 is 0 Å². The molecule has 1 aromatic heterocycles. The van der Waals surface area contributed by atoms with Gasteiger partial charge in [-0.15, -0.1) is 0 Å². The number of aryl methyl sites for hydroxylation is 2. The first kappa shape index (κ1) is 22.0. The molecular formula is C26H32N4O3. The summed E-state index contributed by atoms with van der Waals surface area (Å²) >= 11 is 0. The summed E-state index contributed by atoms with van der Waals surface area (Å²) in [5.41, 5.74) is 3.74. The number of amides is 2. The molecule has 2 saturated heterocycles. The SMILES string of the molecule is Cc1cccc(C2(C(=O)N3CC[C@@H](c4nc(C)c5c(n4)N(C)C(=O)CC5)C3)CCOCC2)c1. The van der Waals surface area contributed by atoms with E-state index in [0.29, 0.717) is 52.0 Å². The van der Waals surface area contributed by atoms with Gasteiger partial charge in [-0.1, -0.05) is 29.8 Å². The lowest BCUT2D eigenvalue weighted by molar-refractivity contribution is -0.140. The molecule has 2 aromatic rings. The first-order valence-electron chi connectivity index (χ1n) is 12.0. The number of anilines is 1. The molecule has 3 aliphatic rings. The summed E-state index contributed by atoms with van der Waals surface area (Å²) in [6, 6.07) is 8.36. The third kappa shape index (κ3) is 3.82. The van der Waals surface area contributed by atoms with E-state index in [-0.39, 0.29) is 17.7 Å². The number of nitrogens with zero attached hydrogens (tertiary/aromatic N) is 4. The van der Waals surface area contributed by atoms with Crippen LogP contribution in [-0.4, -0.2) is 60.0 Å². The number of carbonyl (C=O) groups excluding carboxylic acids is 2. The van der Waals surface area contributed by atoms with E-state index in [2.05, 4.69) is 25.1 Å². The molecule has 0 unspecified atom stereocenters. The van der Waals surface area contributed by atoms with E-state index < -0.39 is 5.41 Å². The van der Waals surface area contributed by atoms with Crippen molar-refractivity contribution in [3.63, 3.8) is 0 Å². The lowest BCUT2D eigenvalue weighted by Gasteiger charge is -2.39. The molecule has 0 bridgehead atoms. The Hall–Kier alpha value is -2.80. The van der Waals surface area contributed by atoms with Gasteiger partial charge in [0.15, 0.2) is 0 Å². The van der Waals surface area contributed by atoms with Crippen molar-refractivity contribution in [1.29, 1.82) is 0 Å². The van der Waals surface area contributed by atoms with Gasteiger partial charge in [0.25, 0.3) is 0 Å². The second-order valence-corrected chi connectivity index (χ2v) is 9.72. The van der Waals surface area contributed by atoms with Crippen molar-refractivity contribution in [2.45, 2.75) is 57.3 Å². The average Bonchev–Trinajstić information content (AvgIpc) is 3.32. The molecule has 0 radical (unpaired) electrons. The number of aromatic nitrogens is 2. The first-order chi connectivity index (χ1) is 15.9. The highest BCUT2D eigenvalue weighted by Crippen LogP contribution is 2.39. The quantitative estimate of drug-likeness (QED) is 0.721. The minimum atomic E-state index is -0.529. The summed E-state index contributed by atoms with van der Waals surface area (Å²) in [5, 5.41) is 0. The van der Waals surface area contributed by atoms with Crippen molar-refractivity contribution < 1.29 is 14.3 Å². The van der Waals surface area contributed by atoms with Gasteiger partial charge in [0.05, 0.1) is 5.41 Å². The summed E-state index contributed by atoms with van der Waals surface area (Å²) in [4.78, 5) is 39.5. The normalized spacial score (nSPS) is 22.4. The van der Waals surface area contributed by atoms with Crippen molar-refractivity contribution in [1.82, 2.24) is 14.9 Å². The number of hydrogen-bond donors (Lipinski definition) is 0. The van der Waals surface area contributed by atoms with Crippen LogP contribution in [0.5, 0.6) is 0 Å². The standard InChI is InChI=1S/C26H32N4O3/c1-17-5-4-6-20(15-17)26(10-13-33-14-11-26)25(32)30-12-9-19(16-30)23-27-18(2)21-7-8-22(31)29(3)24(21)28-23/h4-6,15,19H,7-14,16H2,1-3H3/t19-/m1/s1. The summed E-state index contributed by atoms with van der Waals surface area (Å²) < 4.78 is 5.64. The maximum absolute atomic E-state index is 14.0. The first-order valence-corrected chi connectivity index (χ1v) is 12.0. The zero-order chi connectivity index (χ0) is 23.2. The topological polar surface area (TPSA) is 75.6 Å². The van der Waals surface area contributed by atoms with Gasteiger partial charge in [0.2, 0.25) is 11.8 Å². The number of likely N-dealkylation sites (tertiary alicyclic amines) is 1. The third-order valence-electron chi connectivity index (χ3n) is 7.66. The van der Waals surface area contributed by atoms with Gasteiger partial charge in [0.1, 0.15) is 11.6 Å². The number of rotatable bonds is 3. The number of benzene rings is 1. The van der Waals surface area contributed by atoms with E-state index in [1.54, 1.807) is 11.9 Å². The summed E-state index contributed by atoms with van der Waals surface area (Å²) in [7, 11) is 1.79. The number of hydrogen-bond acceptors (Lipinski definition) is 5. The van der Waals surface area contributed by atoms with Crippen LogP contribution in [0.1, 0.15) is 59.8 Å². The molecule has 4 heterocycles. The lowest BCUT2D eigenvalue weighted by Crippen LogP contribution is -2.49. The minimum Gasteiger partial charge on any atom is -0.381 e. The Labute approximate surface area is 195 Å². The smallest absolute Gasteiger partial charge is 0.233 e. The Kier molecular flexibility index (Phi) is 5.69. The van der Waals surface area contributed by atoms with Crippen LogP contribution in [0.25, 0.3) is 0 Å². The van der Waals surface area contributed by atoms with E-state index in [1.807, 2.05) is 17.9 Å². The van der Waals surface area contributed by atoms with E-state index in [9.17, 15) is 9.59 Å². The number of ether oxygens (including phenoxy) is 1. The Morgan fingerprint density at radius 2 is 1.94 bits per heavy atom. The van der Waals surface area contributed by atoms with Crippen LogP contribution < -0.4 is 4.90 Å². The molecule has 2 fully saturated rings. The monoisotopic (exact) mass is 448 g/mol. The number of fused-ring (bicyclic) bond motifs is 1. The molecule has 0 aliphatic carbocycles. The molecule has 3 aliphatic heterocycles. The van der Waals surface area contributed by atoms with Crippen LogP contribution in [0.4, 0.5) is 5.82 Å². The molecule has 7 heteroatoms. The van der Waals surface area contributed by atoms with Gasteiger partial charge in [-0.05, 0) is 45.1 Å². The van der Waals surface area contributed by atoms with Crippen molar-refractivity contribution in [2.75, 3.05) is 38.3 Å². The Morgan fingerprint density at radius 3 is 2.70 bits per heavy atom. The van der Waals surface area contributed by atoms with Gasteiger partial charge in [-0.2, -0.15) is 0 Å². The average molecular weight is 449 g/mol. The molecule has 174 valence electrons. The molecule has 7 nitrogen and oxygen atoms in total. The molecule has 1 atom stereocenters. The van der Waals surface area contributed by atoms with Crippen LogP contribution in [0.3, 0.4) is 0 Å². The molecule has 0 spiro atoms. The minimum absolute atomic E-state index is 0.0813. The second kappa shape index (κ2) is 8.52. The molecule has 0 saturated carbocycles. The summed E-state index contributed by atoms with van der Waals surface area (Å²) in [5.74, 6) is 1.85. The predicted molar refractivity (Wildman–Crippen MR) is 125 cm³/mol. The maximum atomic E-state index is 14.0. The summed E-state index contributed by atoms with van der Waals surface area (Å²) in [6.07, 6.45) is 3.45. The molecule has 5 rings (SSSR count). The second-order valence-electron chi connectivity index (χ2n) is 9.72. The van der Waals surface area contributed by atoms with Crippen molar-refractivity contribution in [2.24, 2.45) is 0 Å².